The van der Waals surface area contributed by atoms with Crippen LogP contribution in [0.5, 0.6) is 0 Å². The third-order valence-corrected chi connectivity index (χ3v) is 5.42. The summed E-state index contributed by atoms with van der Waals surface area (Å²) in [5.74, 6) is 0.974. The molecule has 0 fully saturated rings. The molecule has 0 unspecified atom stereocenters. The van der Waals surface area contributed by atoms with Crippen LogP contribution in [0.2, 0.25) is 5.02 Å². The summed E-state index contributed by atoms with van der Waals surface area (Å²) in [4.78, 5) is 12.6. The maximum Gasteiger partial charge on any atom is 0.257 e. The van der Waals surface area contributed by atoms with Crippen LogP contribution in [0.1, 0.15) is 41.0 Å². The lowest BCUT2D eigenvalue weighted by Gasteiger charge is -2.14. The lowest BCUT2D eigenvalue weighted by atomic mass is 10.1. The first-order valence-electron chi connectivity index (χ1n) is 9.33. The highest BCUT2D eigenvalue weighted by Gasteiger charge is 2.19. The Balaban J connectivity index is 1.66. The standard InChI is InChI=1S/C21H20ClFN4O/c1-13-15(20-26-25-19-8-3-2-4-11-27(19)20)6-5-7-18(13)24-21(28)16-10-9-14(23)12-17(16)22/h5-7,9-10,12H,2-4,8,11H2,1H3,(H,24,28). The number of nitrogens with zero attached hydrogens (tertiary/aromatic N) is 3. The molecule has 1 aliphatic heterocycles. The molecule has 0 aliphatic carbocycles. The Hall–Kier alpha value is -2.73. The number of halogens is 2. The van der Waals surface area contributed by atoms with Crippen molar-refractivity contribution in [2.45, 2.75) is 39.2 Å². The molecule has 28 heavy (non-hydrogen) atoms. The van der Waals surface area contributed by atoms with Gasteiger partial charge in [0.2, 0.25) is 0 Å². The molecule has 1 amide bonds. The van der Waals surface area contributed by atoms with Gasteiger partial charge in [0.05, 0.1) is 10.6 Å². The van der Waals surface area contributed by atoms with Crippen LogP contribution in [0.15, 0.2) is 36.4 Å². The summed E-state index contributed by atoms with van der Waals surface area (Å²) in [5, 5.41) is 11.7. The first-order chi connectivity index (χ1) is 13.5. The molecule has 2 heterocycles. The number of carbonyl (C=O) groups excluding carboxylic acids is 1. The Morgan fingerprint density at radius 3 is 2.86 bits per heavy atom. The van der Waals surface area contributed by atoms with Crippen LogP contribution < -0.4 is 5.32 Å². The van der Waals surface area contributed by atoms with Gasteiger partial charge >= 0.3 is 0 Å². The summed E-state index contributed by atoms with van der Waals surface area (Å²) < 4.78 is 15.4. The summed E-state index contributed by atoms with van der Waals surface area (Å²) in [6.07, 6.45) is 4.37. The number of rotatable bonds is 3. The summed E-state index contributed by atoms with van der Waals surface area (Å²) in [7, 11) is 0. The maximum atomic E-state index is 13.2. The fraction of sp³-hybridized carbons (Fsp3) is 0.286. The summed E-state index contributed by atoms with van der Waals surface area (Å²) in [5.41, 5.74) is 2.72. The van der Waals surface area contributed by atoms with E-state index in [1.165, 1.54) is 18.6 Å². The Morgan fingerprint density at radius 2 is 2.04 bits per heavy atom. The molecule has 1 N–H and O–H groups in total. The van der Waals surface area contributed by atoms with Gasteiger partial charge in [-0.2, -0.15) is 0 Å². The van der Waals surface area contributed by atoms with Gasteiger partial charge in [0.1, 0.15) is 11.6 Å². The quantitative estimate of drug-likeness (QED) is 0.673. The molecule has 144 valence electrons. The molecule has 0 bridgehead atoms. The van der Waals surface area contributed by atoms with Crippen LogP contribution in [0.25, 0.3) is 11.4 Å². The number of benzene rings is 2. The topological polar surface area (TPSA) is 59.8 Å². The fourth-order valence-corrected chi connectivity index (χ4v) is 3.81. The fourth-order valence-electron chi connectivity index (χ4n) is 3.56. The summed E-state index contributed by atoms with van der Waals surface area (Å²) in [6.45, 7) is 2.84. The lowest BCUT2D eigenvalue weighted by Crippen LogP contribution is -2.14. The summed E-state index contributed by atoms with van der Waals surface area (Å²) in [6, 6.07) is 9.42. The van der Waals surface area contributed by atoms with Gasteiger partial charge in [-0.15, -0.1) is 10.2 Å². The van der Waals surface area contributed by atoms with Crippen molar-refractivity contribution in [3.8, 4) is 11.4 Å². The number of fused-ring (bicyclic) bond motifs is 1. The van der Waals surface area contributed by atoms with Crippen LogP contribution in [-0.4, -0.2) is 20.7 Å². The van der Waals surface area contributed by atoms with E-state index in [0.29, 0.717) is 5.69 Å². The molecule has 3 aromatic rings. The normalized spacial score (nSPS) is 13.7. The molecule has 0 spiro atoms. The minimum absolute atomic E-state index is 0.0779. The zero-order chi connectivity index (χ0) is 19.7. The minimum atomic E-state index is -0.479. The van der Waals surface area contributed by atoms with Crippen molar-refractivity contribution in [2.24, 2.45) is 0 Å². The molecule has 4 rings (SSSR count). The SMILES string of the molecule is Cc1c(NC(=O)c2ccc(F)cc2Cl)cccc1-c1nnc2n1CCCCC2. The molecule has 0 saturated heterocycles. The van der Waals surface area contributed by atoms with Crippen LogP contribution >= 0.6 is 11.6 Å². The van der Waals surface area contributed by atoms with Gasteiger partial charge in [-0.3, -0.25) is 4.79 Å². The van der Waals surface area contributed by atoms with Crippen molar-refractivity contribution in [2.75, 3.05) is 5.32 Å². The highest BCUT2D eigenvalue weighted by atomic mass is 35.5. The average Bonchev–Trinajstić information content (AvgIpc) is 2.91. The monoisotopic (exact) mass is 398 g/mol. The van der Waals surface area contributed by atoms with Gasteiger partial charge in [-0.1, -0.05) is 30.2 Å². The number of hydrogen-bond donors (Lipinski definition) is 1. The van der Waals surface area contributed by atoms with Crippen LogP contribution in [0.3, 0.4) is 0 Å². The number of anilines is 1. The predicted molar refractivity (Wildman–Crippen MR) is 107 cm³/mol. The average molecular weight is 399 g/mol. The molecule has 5 nitrogen and oxygen atoms in total. The third kappa shape index (κ3) is 3.52. The zero-order valence-corrected chi connectivity index (χ0v) is 16.3. The smallest absolute Gasteiger partial charge is 0.257 e. The van der Waals surface area contributed by atoms with Crippen molar-refractivity contribution >= 4 is 23.2 Å². The molecule has 2 aromatic carbocycles. The highest BCUT2D eigenvalue weighted by Crippen LogP contribution is 2.30. The first-order valence-corrected chi connectivity index (χ1v) is 9.71. The zero-order valence-electron chi connectivity index (χ0n) is 15.5. The highest BCUT2D eigenvalue weighted by molar-refractivity contribution is 6.34. The van der Waals surface area contributed by atoms with Gasteiger partial charge in [0, 0.05) is 24.2 Å². The Kier molecular flexibility index (Phi) is 5.13. The van der Waals surface area contributed by atoms with Crippen LogP contribution in [0, 0.1) is 12.7 Å². The third-order valence-electron chi connectivity index (χ3n) is 5.11. The van der Waals surface area contributed by atoms with Crippen LogP contribution in [0.4, 0.5) is 10.1 Å². The molecule has 0 atom stereocenters. The number of carbonyl (C=O) groups is 1. The van der Waals surface area contributed by atoms with Gasteiger partial charge in [-0.05, 0) is 49.6 Å². The van der Waals surface area contributed by atoms with Crippen LogP contribution in [-0.2, 0) is 13.0 Å². The van der Waals surface area contributed by atoms with E-state index in [-0.39, 0.29) is 16.5 Å². The number of hydrogen-bond acceptors (Lipinski definition) is 3. The maximum absolute atomic E-state index is 13.2. The van der Waals surface area contributed by atoms with Crippen molar-refractivity contribution in [1.29, 1.82) is 0 Å². The predicted octanol–water partition coefficient (Wildman–Crippen LogP) is 5.02. The van der Waals surface area contributed by atoms with Crippen molar-refractivity contribution in [3.63, 3.8) is 0 Å². The van der Waals surface area contributed by atoms with E-state index in [1.54, 1.807) is 0 Å². The van der Waals surface area contributed by atoms with Gasteiger partial charge in [0.15, 0.2) is 5.82 Å². The number of aromatic nitrogens is 3. The molecule has 1 aromatic heterocycles. The first kappa shape index (κ1) is 18.6. The Labute approximate surface area is 167 Å². The van der Waals surface area contributed by atoms with E-state index < -0.39 is 5.82 Å². The largest absolute Gasteiger partial charge is 0.322 e. The molecule has 7 heteroatoms. The second-order valence-electron chi connectivity index (χ2n) is 6.96. The molecule has 0 saturated carbocycles. The van der Waals surface area contributed by atoms with E-state index >= 15 is 0 Å². The minimum Gasteiger partial charge on any atom is -0.322 e. The van der Waals surface area contributed by atoms with Gasteiger partial charge < -0.3 is 9.88 Å². The number of aryl methyl sites for hydroxylation is 1. The molecule has 0 radical (unpaired) electrons. The molecular formula is C21H20ClFN4O. The van der Waals surface area contributed by atoms with E-state index in [4.69, 9.17) is 11.6 Å². The van der Waals surface area contributed by atoms with E-state index in [1.807, 2.05) is 25.1 Å². The molecule has 1 aliphatic rings. The van der Waals surface area contributed by atoms with Crippen molar-refractivity contribution < 1.29 is 9.18 Å². The van der Waals surface area contributed by atoms with Crippen molar-refractivity contribution in [3.05, 3.63) is 64.2 Å². The number of amides is 1. The second-order valence-corrected chi connectivity index (χ2v) is 7.37. The molecular weight excluding hydrogens is 379 g/mol. The summed E-state index contributed by atoms with van der Waals surface area (Å²) >= 11 is 6.02. The van der Waals surface area contributed by atoms with E-state index in [0.717, 1.165) is 54.6 Å². The van der Waals surface area contributed by atoms with E-state index in [9.17, 15) is 9.18 Å². The van der Waals surface area contributed by atoms with Gasteiger partial charge in [-0.25, -0.2) is 4.39 Å². The second kappa shape index (κ2) is 7.72. The lowest BCUT2D eigenvalue weighted by molar-refractivity contribution is 0.102. The van der Waals surface area contributed by atoms with E-state index in [2.05, 4.69) is 20.1 Å². The Bertz CT molecular complexity index is 1050. The van der Waals surface area contributed by atoms with Gasteiger partial charge in [0.25, 0.3) is 5.91 Å². The van der Waals surface area contributed by atoms with Crippen molar-refractivity contribution in [1.82, 2.24) is 14.8 Å². The number of nitrogens with one attached hydrogen (secondary N) is 1. The Morgan fingerprint density at radius 1 is 1.18 bits per heavy atom.